The van der Waals surface area contributed by atoms with Gasteiger partial charge in [0.15, 0.2) is 0 Å². The smallest absolute Gasteiger partial charge is 0.368 e. The van der Waals surface area contributed by atoms with E-state index < -0.39 is 11.9 Å². The summed E-state index contributed by atoms with van der Waals surface area (Å²) >= 11 is 0. The minimum Gasteiger partial charge on any atom is -0.507 e. The van der Waals surface area contributed by atoms with E-state index in [0.717, 1.165) is 16.3 Å². The van der Waals surface area contributed by atoms with Crippen LogP contribution in [0.15, 0.2) is 58.5 Å². The van der Waals surface area contributed by atoms with Crippen LogP contribution in [0.25, 0.3) is 10.8 Å². The van der Waals surface area contributed by atoms with Gasteiger partial charge in [0.2, 0.25) is 0 Å². The van der Waals surface area contributed by atoms with E-state index in [0.29, 0.717) is 16.4 Å². The van der Waals surface area contributed by atoms with Gasteiger partial charge in [0, 0.05) is 5.69 Å². The number of phenols is 1. The lowest BCUT2D eigenvalue weighted by atomic mass is 10.0. The Morgan fingerprint density at radius 1 is 1.00 bits per heavy atom. The molecule has 3 aromatic rings. The van der Waals surface area contributed by atoms with Crippen LogP contribution in [0, 0.1) is 6.92 Å². The highest BCUT2D eigenvalue weighted by Crippen LogP contribution is 2.26. The molecule has 0 fully saturated rings. The zero-order valence-electron chi connectivity index (χ0n) is 13.3. The Bertz CT molecular complexity index is 1180. The van der Waals surface area contributed by atoms with E-state index in [4.69, 9.17) is 0 Å². The molecule has 0 radical (unpaired) electrons. The monoisotopic (exact) mass is 331 g/mol. The van der Waals surface area contributed by atoms with Crippen LogP contribution in [0.1, 0.15) is 15.9 Å². The number of urea groups is 1. The Labute approximate surface area is 142 Å². The number of carbonyl (C=O) groups is 2. The molecule has 0 saturated heterocycles. The van der Waals surface area contributed by atoms with Gasteiger partial charge < -0.3 is 10.4 Å². The number of hydrogen-bond donors (Lipinski definition) is 2. The Kier molecular flexibility index (Phi) is 3.32. The fourth-order valence-electron chi connectivity index (χ4n) is 2.83. The third kappa shape index (κ3) is 2.63. The van der Waals surface area contributed by atoms with Gasteiger partial charge in [0.05, 0.1) is 16.3 Å². The molecule has 0 saturated carbocycles. The van der Waals surface area contributed by atoms with Crippen molar-refractivity contribution in [1.82, 2.24) is 0 Å². The number of benzene rings is 3. The molecule has 25 heavy (non-hydrogen) atoms. The highest BCUT2D eigenvalue weighted by molar-refractivity contribution is 6.08. The number of hydrogen-bond acceptors (Lipinski definition) is 3. The lowest BCUT2D eigenvalue weighted by Gasteiger charge is -2.10. The van der Waals surface area contributed by atoms with Gasteiger partial charge in [-0.2, -0.15) is 9.98 Å². The van der Waals surface area contributed by atoms with E-state index in [2.05, 4.69) is 15.3 Å². The molecule has 1 aliphatic rings. The van der Waals surface area contributed by atoms with Gasteiger partial charge in [-0.3, -0.25) is 4.79 Å². The summed E-state index contributed by atoms with van der Waals surface area (Å²) in [4.78, 5) is 31.5. The summed E-state index contributed by atoms with van der Waals surface area (Å²) in [5, 5.41) is 15.6. The van der Waals surface area contributed by atoms with Crippen LogP contribution >= 0.6 is 0 Å². The SMILES string of the molecule is Cc1cc2c(cc1NC(=O)c1cc3ccccc3cc1O)=NC(=O)N=2. The molecule has 122 valence electrons. The molecule has 0 atom stereocenters. The molecule has 0 aliphatic carbocycles. The first-order valence-electron chi connectivity index (χ1n) is 7.66. The molecule has 0 aromatic heterocycles. The van der Waals surface area contributed by atoms with Crippen molar-refractivity contribution in [3.63, 3.8) is 0 Å². The Morgan fingerprint density at radius 2 is 1.64 bits per heavy atom. The summed E-state index contributed by atoms with van der Waals surface area (Å²) in [6, 6.07) is 13.4. The largest absolute Gasteiger partial charge is 0.507 e. The summed E-state index contributed by atoms with van der Waals surface area (Å²) < 4.78 is 0. The average molecular weight is 331 g/mol. The molecule has 3 amide bonds. The predicted molar refractivity (Wildman–Crippen MR) is 92.5 cm³/mol. The molecule has 6 heteroatoms. The number of rotatable bonds is 2. The number of fused-ring (bicyclic) bond motifs is 2. The number of carbonyl (C=O) groups excluding carboxylic acids is 2. The van der Waals surface area contributed by atoms with Crippen LogP contribution in [0.4, 0.5) is 10.5 Å². The van der Waals surface area contributed by atoms with Crippen molar-refractivity contribution in [2.24, 2.45) is 9.98 Å². The second kappa shape index (κ2) is 5.52. The van der Waals surface area contributed by atoms with Gasteiger partial charge in [0.1, 0.15) is 5.75 Å². The van der Waals surface area contributed by atoms with Crippen LogP contribution in [-0.2, 0) is 0 Å². The molecule has 3 aromatic carbocycles. The van der Waals surface area contributed by atoms with Gasteiger partial charge in [-0.15, -0.1) is 0 Å². The van der Waals surface area contributed by atoms with E-state index in [1.54, 1.807) is 31.2 Å². The minimum atomic E-state index is -0.551. The van der Waals surface area contributed by atoms with Crippen LogP contribution in [0.2, 0.25) is 0 Å². The molecule has 1 heterocycles. The maximum Gasteiger partial charge on any atom is 0.368 e. The fourth-order valence-corrected chi connectivity index (χ4v) is 2.83. The summed E-state index contributed by atoms with van der Waals surface area (Å²) in [5.74, 6) is -0.530. The first-order chi connectivity index (χ1) is 12.0. The Hall–Kier alpha value is -3.54. The Balaban J connectivity index is 1.73. The first-order valence-corrected chi connectivity index (χ1v) is 7.66. The van der Waals surface area contributed by atoms with Crippen LogP contribution in [-0.4, -0.2) is 17.0 Å². The fraction of sp³-hybridized carbons (Fsp3) is 0.0526. The summed E-state index contributed by atoms with van der Waals surface area (Å²) in [5.41, 5.74) is 1.45. The van der Waals surface area contributed by atoms with Crippen molar-refractivity contribution < 1.29 is 14.7 Å². The zero-order valence-corrected chi connectivity index (χ0v) is 13.3. The van der Waals surface area contributed by atoms with Crippen molar-refractivity contribution in [2.75, 3.05) is 5.32 Å². The molecule has 1 aliphatic heterocycles. The average Bonchev–Trinajstić information content (AvgIpc) is 2.93. The van der Waals surface area contributed by atoms with Gasteiger partial charge in [0.25, 0.3) is 5.91 Å². The van der Waals surface area contributed by atoms with Crippen molar-refractivity contribution in [3.05, 3.63) is 70.4 Å². The molecule has 0 spiro atoms. The third-order valence-corrected chi connectivity index (χ3v) is 4.11. The number of nitrogens with zero attached hydrogens (tertiary/aromatic N) is 2. The molecule has 2 N–H and O–H groups in total. The normalized spacial score (nSPS) is 12.4. The lowest BCUT2D eigenvalue weighted by Crippen LogP contribution is -2.24. The molecule has 0 unspecified atom stereocenters. The minimum absolute atomic E-state index is 0.0927. The number of nitrogens with one attached hydrogen (secondary N) is 1. The van der Waals surface area contributed by atoms with Crippen molar-refractivity contribution in [2.45, 2.75) is 6.92 Å². The molecule has 6 nitrogen and oxygen atoms in total. The molecular formula is C19H13N3O3. The Morgan fingerprint density at radius 3 is 2.36 bits per heavy atom. The quantitative estimate of drug-likeness (QED) is 0.756. The van der Waals surface area contributed by atoms with Crippen molar-refractivity contribution in [1.29, 1.82) is 0 Å². The highest BCUT2D eigenvalue weighted by Gasteiger charge is 2.15. The van der Waals surface area contributed by atoms with Gasteiger partial charge >= 0.3 is 6.03 Å². The maximum atomic E-state index is 12.6. The van der Waals surface area contributed by atoms with E-state index >= 15 is 0 Å². The summed E-state index contributed by atoms with van der Waals surface area (Å²) in [7, 11) is 0. The van der Waals surface area contributed by atoms with Gasteiger partial charge in [-0.1, -0.05) is 24.3 Å². The predicted octanol–water partition coefficient (Wildman–Crippen LogP) is 2.48. The van der Waals surface area contributed by atoms with Gasteiger partial charge in [-0.05, 0) is 47.5 Å². The molecular weight excluding hydrogens is 318 g/mol. The topological polar surface area (TPSA) is 91.1 Å². The van der Waals surface area contributed by atoms with Gasteiger partial charge in [-0.25, -0.2) is 4.79 Å². The van der Waals surface area contributed by atoms with Crippen molar-refractivity contribution in [3.8, 4) is 5.75 Å². The molecule has 4 rings (SSSR count). The van der Waals surface area contributed by atoms with Crippen LogP contribution < -0.4 is 16.0 Å². The second-order valence-corrected chi connectivity index (χ2v) is 5.83. The number of anilines is 1. The lowest BCUT2D eigenvalue weighted by molar-refractivity contribution is 0.102. The first kappa shape index (κ1) is 15.0. The van der Waals surface area contributed by atoms with E-state index in [9.17, 15) is 14.7 Å². The zero-order chi connectivity index (χ0) is 17.6. The van der Waals surface area contributed by atoms with Crippen LogP contribution in [0.5, 0.6) is 5.75 Å². The second-order valence-electron chi connectivity index (χ2n) is 5.83. The maximum absolute atomic E-state index is 12.6. The summed E-state index contributed by atoms with van der Waals surface area (Å²) in [6.45, 7) is 1.80. The third-order valence-electron chi connectivity index (χ3n) is 4.11. The van der Waals surface area contributed by atoms with Crippen LogP contribution in [0.3, 0.4) is 0 Å². The molecule has 0 bridgehead atoms. The summed E-state index contributed by atoms with van der Waals surface area (Å²) in [6.07, 6.45) is 0. The number of amides is 3. The standard InChI is InChI=1S/C19H13N3O3/c1-10-6-15-16(22-19(25)21-15)9-14(10)20-18(24)13-7-11-4-2-3-5-12(11)8-17(13)23/h2-9,23H,1H3,(H,20,24). The number of aryl methyl sites for hydroxylation is 1. The highest BCUT2D eigenvalue weighted by atomic mass is 16.3. The van der Waals surface area contributed by atoms with E-state index in [1.165, 1.54) is 0 Å². The van der Waals surface area contributed by atoms with E-state index in [-0.39, 0.29) is 11.3 Å². The van der Waals surface area contributed by atoms with E-state index in [1.807, 2.05) is 24.3 Å². The van der Waals surface area contributed by atoms with Crippen molar-refractivity contribution >= 4 is 28.4 Å². The number of aromatic hydroxyl groups is 1. The number of phenolic OH excluding ortho intramolecular Hbond substituents is 1.